The van der Waals surface area contributed by atoms with Crippen LogP contribution >= 0.6 is 11.3 Å². The molecule has 0 aliphatic rings. The summed E-state index contributed by atoms with van der Waals surface area (Å²) in [6.07, 6.45) is -0.129. The number of carbonyl (C=O) groups excluding carboxylic acids is 1. The van der Waals surface area contributed by atoms with Crippen molar-refractivity contribution in [3.63, 3.8) is 0 Å². The van der Waals surface area contributed by atoms with Crippen molar-refractivity contribution in [3.8, 4) is 0 Å². The van der Waals surface area contributed by atoms with E-state index in [4.69, 9.17) is 10.5 Å². The third kappa shape index (κ3) is 3.58. The summed E-state index contributed by atoms with van der Waals surface area (Å²) < 4.78 is 6.86. The fourth-order valence-electron chi connectivity index (χ4n) is 1.87. The van der Waals surface area contributed by atoms with Crippen molar-refractivity contribution < 1.29 is 9.53 Å². The number of amides is 1. The van der Waals surface area contributed by atoms with Crippen LogP contribution in [-0.4, -0.2) is 29.3 Å². The van der Waals surface area contributed by atoms with E-state index in [0.717, 1.165) is 10.6 Å². The predicted molar refractivity (Wildman–Crippen MR) is 78.5 cm³/mol. The number of hydrogen-bond donors (Lipinski definition) is 2. The van der Waals surface area contributed by atoms with Gasteiger partial charge in [-0.1, -0.05) is 6.07 Å². The van der Waals surface area contributed by atoms with Gasteiger partial charge < -0.3 is 15.8 Å². The number of nitrogens with two attached hydrogens (primary N) is 1. The second kappa shape index (κ2) is 6.53. The molecule has 0 fully saturated rings. The largest absolute Gasteiger partial charge is 0.384 e. The Morgan fingerprint density at radius 2 is 2.45 bits per heavy atom. The number of thiophene rings is 1. The van der Waals surface area contributed by atoms with Gasteiger partial charge in [0.2, 0.25) is 5.91 Å². The molecule has 0 aliphatic heterocycles. The average molecular weight is 294 g/mol. The van der Waals surface area contributed by atoms with Crippen molar-refractivity contribution in [2.75, 3.05) is 19.4 Å². The van der Waals surface area contributed by atoms with Crippen LogP contribution in [0.1, 0.15) is 16.7 Å². The van der Waals surface area contributed by atoms with E-state index in [9.17, 15) is 4.79 Å². The Bertz CT molecular complexity index is 565. The van der Waals surface area contributed by atoms with Gasteiger partial charge in [-0.25, -0.2) is 4.68 Å². The third-order valence-electron chi connectivity index (χ3n) is 2.86. The SMILES string of the molecule is COC(CNC(=O)Cn1nc(C)cc1N)c1cccs1. The first-order valence-electron chi connectivity index (χ1n) is 6.23. The highest BCUT2D eigenvalue weighted by atomic mass is 32.1. The first-order valence-corrected chi connectivity index (χ1v) is 7.11. The average Bonchev–Trinajstić information content (AvgIpc) is 3.01. The van der Waals surface area contributed by atoms with Gasteiger partial charge in [0.05, 0.1) is 5.69 Å². The Labute approximate surface area is 121 Å². The molecule has 0 aromatic carbocycles. The van der Waals surface area contributed by atoms with Gasteiger partial charge in [0.25, 0.3) is 0 Å². The molecule has 1 unspecified atom stereocenters. The quantitative estimate of drug-likeness (QED) is 0.842. The zero-order valence-corrected chi connectivity index (χ0v) is 12.3. The van der Waals surface area contributed by atoms with Crippen LogP contribution in [0.3, 0.4) is 0 Å². The molecule has 108 valence electrons. The van der Waals surface area contributed by atoms with Crippen molar-refractivity contribution in [2.45, 2.75) is 19.6 Å². The molecule has 0 radical (unpaired) electrons. The van der Waals surface area contributed by atoms with E-state index in [1.54, 1.807) is 24.5 Å². The van der Waals surface area contributed by atoms with Crippen molar-refractivity contribution >= 4 is 23.1 Å². The number of nitrogens with zero attached hydrogens (tertiary/aromatic N) is 2. The number of hydrogen-bond acceptors (Lipinski definition) is 5. The second-order valence-electron chi connectivity index (χ2n) is 4.41. The molecule has 6 nitrogen and oxygen atoms in total. The molecule has 2 aromatic rings. The Kier molecular flexibility index (Phi) is 4.75. The van der Waals surface area contributed by atoms with E-state index in [-0.39, 0.29) is 18.6 Å². The molecule has 1 amide bonds. The van der Waals surface area contributed by atoms with E-state index in [0.29, 0.717) is 12.4 Å². The number of aromatic nitrogens is 2. The molecule has 3 N–H and O–H groups in total. The third-order valence-corrected chi connectivity index (χ3v) is 3.82. The number of nitrogens with one attached hydrogen (secondary N) is 1. The lowest BCUT2D eigenvalue weighted by atomic mass is 10.3. The van der Waals surface area contributed by atoms with E-state index < -0.39 is 0 Å². The van der Waals surface area contributed by atoms with Crippen LogP contribution in [0.2, 0.25) is 0 Å². The molecule has 1 atom stereocenters. The minimum Gasteiger partial charge on any atom is -0.384 e. The van der Waals surface area contributed by atoms with Gasteiger partial charge in [0.1, 0.15) is 18.5 Å². The van der Waals surface area contributed by atoms with Gasteiger partial charge in [-0.2, -0.15) is 5.10 Å². The first kappa shape index (κ1) is 14.5. The van der Waals surface area contributed by atoms with Crippen LogP contribution in [0.4, 0.5) is 5.82 Å². The number of methoxy groups -OCH3 is 1. The minimum atomic E-state index is -0.140. The molecule has 0 aliphatic carbocycles. The van der Waals surface area contributed by atoms with Crippen LogP contribution in [0, 0.1) is 6.92 Å². The second-order valence-corrected chi connectivity index (χ2v) is 5.39. The summed E-state index contributed by atoms with van der Waals surface area (Å²) in [4.78, 5) is 13.0. The molecular formula is C13H18N4O2S. The Balaban J connectivity index is 1.87. The number of anilines is 1. The van der Waals surface area contributed by atoms with Crippen LogP contribution in [0.5, 0.6) is 0 Å². The monoisotopic (exact) mass is 294 g/mol. The van der Waals surface area contributed by atoms with Gasteiger partial charge in [-0.3, -0.25) is 4.79 Å². The highest BCUT2D eigenvalue weighted by molar-refractivity contribution is 7.10. The Hall–Kier alpha value is -1.86. The topological polar surface area (TPSA) is 82.2 Å². The van der Waals surface area contributed by atoms with E-state index in [1.807, 2.05) is 24.4 Å². The zero-order valence-electron chi connectivity index (χ0n) is 11.5. The standard InChI is InChI=1S/C13H18N4O2S/c1-9-6-12(14)17(16-9)8-13(18)15-7-10(19-2)11-4-3-5-20-11/h3-6,10H,7-8,14H2,1-2H3,(H,15,18). The maximum Gasteiger partial charge on any atom is 0.241 e. The van der Waals surface area contributed by atoms with Crippen LogP contribution in [0.25, 0.3) is 0 Å². The summed E-state index contributed by atoms with van der Waals surface area (Å²) in [5, 5.41) is 8.96. The van der Waals surface area contributed by atoms with Gasteiger partial charge in [0, 0.05) is 24.6 Å². The Morgan fingerprint density at radius 1 is 1.65 bits per heavy atom. The van der Waals surface area contributed by atoms with E-state index >= 15 is 0 Å². The molecule has 20 heavy (non-hydrogen) atoms. The highest BCUT2D eigenvalue weighted by Gasteiger charge is 2.14. The summed E-state index contributed by atoms with van der Waals surface area (Å²) in [7, 11) is 1.63. The maximum atomic E-state index is 11.9. The number of ether oxygens (including phenoxy) is 1. The molecule has 0 saturated heterocycles. The summed E-state index contributed by atoms with van der Waals surface area (Å²) in [5.74, 6) is 0.345. The van der Waals surface area contributed by atoms with Crippen molar-refractivity contribution in [3.05, 3.63) is 34.2 Å². The summed E-state index contributed by atoms with van der Waals surface area (Å²) in [6.45, 7) is 2.37. The lowest BCUT2D eigenvalue weighted by molar-refractivity contribution is -0.122. The van der Waals surface area contributed by atoms with Gasteiger partial charge in [-0.15, -0.1) is 11.3 Å². The highest BCUT2D eigenvalue weighted by Crippen LogP contribution is 2.20. The zero-order chi connectivity index (χ0) is 14.5. The summed E-state index contributed by atoms with van der Waals surface area (Å²) >= 11 is 1.60. The van der Waals surface area contributed by atoms with Crippen molar-refractivity contribution in [1.29, 1.82) is 0 Å². The molecule has 7 heteroatoms. The smallest absolute Gasteiger partial charge is 0.241 e. The maximum absolute atomic E-state index is 11.9. The van der Waals surface area contributed by atoms with Gasteiger partial charge in [0.15, 0.2) is 0 Å². The number of carbonyl (C=O) groups is 1. The molecule has 2 rings (SSSR count). The van der Waals surface area contributed by atoms with Gasteiger partial charge >= 0.3 is 0 Å². The fraction of sp³-hybridized carbons (Fsp3) is 0.385. The lowest BCUT2D eigenvalue weighted by Crippen LogP contribution is -2.32. The number of nitrogen functional groups attached to an aromatic ring is 1. The predicted octanol–water partition coefficient (Wildman–Crippen LogP) is 1.34. The molecule has 0 saturated carbocycles. The summed E-state index contributed by atoms with van der Waals surface area (Å²) in [5.41, 5.74) is 6.54. The number of aryl methyl sites for hydroxylation is 1. The molecule has 0 bridgehead atoms. The normalized spacial score (nSPS) is 12.3. The van der Waals surface area contributed by atoms with Crippen molar-refractivity contribution in [2.24, 2.45) is 0 Å². The van der Waals surface area contributed by atoms with Gasteiger partial charge in [-0.05, 0) is 18.4 Å². The summed E-state index contributed by atoms with van der Waals surface area (Å²) in [6, 6.07) is 5.68. The first-order chi connectivity index (χ1) is 9.60. The Morgan fingerprint density at radius 3 is 3.00 bits per heavy atom. The molecule has 2 aromatic heterocycles. The molecule has 2 heterocycles. The van der Waals surface area contributed by atoms with Crippen LogP contribution in [0.15, 0.2) is 23.6 Å². The van der Waals surface area contributed by atoms with E-state index in [1.165, 1.54) is 4.68 Å². The van der Waals surface area contributed by atoms with Crippen LogP contribution in [-0.2, 0) is 16.1 Å². The lowest BCUT2D eigenvalue weighted by Gasteiger charge is -2.14. The van der Waals surface area contributed by atoms with E-state index in [2.05, 4.69) is 10.4 Å². The fourth-order valence-corrected chi connectivity index (χ4v) is 2.67. The molecular weight excluding hydrogens is 276 g/mol. The van der Waals surface area contributed by atoms with Crippen molar-refractivity contribution in [1.82, 2.24) is 15.1 Å². The van der Waals surface area contributed by atoms with Crippen LogP contribution < -0.4 is 11.1 Å². The number of rotatable bonds is 6. The minimum absolute atomic E-state index is 0.112. The molecule has 0 spiro atoms.